The Bertz CT molecular complexity index is 808. The molecule has 1 fully saturated rings. The third-order valence-corrected chi connectivity index (χ3v) is 4.78. The van der Waals surface area contributed by atoms with Crippen molar-refractivity contribution >= 4 is 34.6 Å². The Morgan fingerprint density at radius 2 is 1.81 bits per heavy atom. The predicted molar refractivity (Wildman–Crippen MR) is 99.8 cm³/mol. The van der Waals surface area contributed by atoms with Gasteiger partial charge in [0.15, 0.2) is 5.37 Å². The van der Waals surface area contributed by atoms with Crippen molar-refractivity contribution in [2.24, 2.45) is 0 Å². The molecular formula is C19H18N2O4S. The van der Waals surface area contributed by atoms with Crippen LogP contribution in [-0.4, -0.2) is 34.0 Å². The molecule has 0 aliphatic carbocycles. The second-order valence-corrected chi connectivity index (χ2v) is 6.67. The maximum atomic E-state index is 12.5. The van der Waals surface area contributed by atoms with Crippen LogP contribution in [0.4, 0.5) is 10.5 Å². The molecule has 0 bridgehead atoms. The summed E-state index contributed by atoms with van der Waals surface area (Å²) in [6.07, 6.45) is 0. The van der Waals surface area contributed by atoms with Gasteiger partial charge in [-0.2, -0.15) is 0 Å². The lowest BCUT2D eigenvalue weighted by Crippen LogP contribution is -2.33. The maximum absolute atomic E-state index is 12.5. The number of esters is 1. The number of hydrogen-bond donors (Lipinski definition) is 1. The minimum absolute atomic E-state index is 0.255. The second-order valence-electron chi connectivity index (χ2n) is 5.62. The monoisotopic (exact) mass is 370 g/mol. The maximum Gasteiger partial charge on any atom is 0.338 e. The van der Waals surface area contributed by atoms with Gasteiger partial charge in [-0.05, 0) is 48.5 Å². The highest BCUT2D eigenvalue weighted by molar-refractivity contribution is 8.15. The Morgan fingerprint density at radius 1 is 1.12 bits per heavy atom. The SMILES string of the molecule is CCOC(=O)c1ccc(NC2SC(=O)N(Cc3ccccc3)C2=O)cc1. The van der Waals surface area contributed by atoms with E-state index in [2.05, 4.69) is 5.32 Å². The number of rotatable bonds is 6. The molecule has 2 amide bonds. The van der Waals surface area contributed by atoms with Crippen molar-refractivity contribution in [2.75, 3.05) is 11.9 Å². The normalized spacial score (nSPS) is 16.7. The number of carbonyl (C=O) groups excluding carboxylic acids is 3. The summed E-state index contributed by atoms with van der Waals surface area (Å²) in [6, 6.07) is 16.0. The fraction of sp³-hybridized carbons (Fsp3) is 0.211. The van der Waals surface area contributed by atoms with Gasteiger partial charge in [0.1, 0.15) is 0 Å². The van der Waals surface area contributed by atoms with Crippen LogP contribution >= 0.6 is 11.8 Å². The van der Waals surface area contributed by atoms with E-state index in [4.69, 9.17) is 4.74 Å². The van der Waals surface area contributed by atoms with Crippen molar-refractivity contribution in [1.29, 1.82) is 0 Å². The Morgan fingerprint density at radius 3 is 2.46 bits per heavy atom. The average molecular weight is 370 g/mol. The van der Waals surface area contributed by atoms with Crippen molar-refractivity contribution in [3.63, 3.8) is 0 Å². The molecule has 2 aromatic carbocycles. The Labute approximate surface area is 155 Å². The molecule has 0 saturated carbocycles. The van der Waals surface area contributed by atoms with E-state index < -0.39 is 11.3 Å². The van der Waals surface area contributed by atoms with Gasteiger partial charge in [-0.25, -0.2) is 4.79 Å². The van der Waals surface area contributed by atoms with E-state index in [1.54, 1.807) is 31.2 Å². The number of amides is 2. The number of nitrogens with one attached hydrogen (secondary N) is 1. The van der Waals surface area contributed by atoms with Crippen molar-refractivity contribution in [2.45, 2.75) is 18.8 Å². The number of nitrogens with zero attached hydrogens (tertiary/aromatic N) is 1. The standard InChI is InChI=1S/C19H18N2O4S/c1-2-25-18(23)14-8-10-15(11-9-14)20-16-17(22)21(19(24)26-16)12-13-6-4-3-5-7-13/h3-11,16,20H,2,12H2,1H3. The Balaban J connectivity index is 1.64. The third-order valence-electron chi connectivity index (χ3n) is 3.81. The first-order valence-electron chi connectivity index (χ1n) is 8.18. The minimum Gasteiger partial charge on any atom is -0.462 e. The molecular weight excluding hydrogens is 352 g/mol. The van der Waals surface area contributed by atoms with E-state index in [1.165, 1.54) is 4.90 Å². The number of hydrogen-bond acceptors (Lipinski definition) is 6. The van der Waals surface area contributed by atoms with Crippen molar-refractivity contribution in [3.8, 4) is 0 Å². The summed E-state index contributed by atoms with van der Waals surface area (Å²) in [4.78, 5) is 37.6. The summed E-state index contributed by atoms with van der Waals surface area (Å²) < 4.78 is 4.93. The van der Waals surface area contributed by atoms with Gasteiger partial charge in [0.2, 0.25) is 0 Å². The smallest absolute Gasteiger partial charge is 0.338 e. The Hall–Kier alpha value is -2.80. The van der Waals surface area contributed by atoms with Crippen LogP contribution in [0, 0.1) is 0 Å². The van der Waals surface area contributed by atoms with Gasteiger partial charge >= 0.3 is 5.97 Å². The highest BCUT2D eigenvalue weighted by Gasteiger charge is 2.39. The van der Waals surface area contributed by atoms with Gasteiger partial charge in [-0.3, -0.25) is 14.5 Å². The number of benzene rings is 2. The van der Waals surface area contributed by atoms with E-state index in [9.17, 15) is 14.4 Å². The van der Waals surface area contributed by atoms with Crippen LogP contribution in [0.2, 0.25) is 0 Å². The van der Waals surface area contributed by atoms with E-state index in [1.807, 2.05) is 30.3 Å². The summed E-state index contributed by atoms with van der Waals surface area (Å²) in [5.74, 6) is -0.673. The minimum atomic E-state index is -0.681. The predicted octanol–water partition coefficient (Wildman–Crippen LogP) is 3.50. The highest BCUT2D eigenvalue weighted by Crippen LogP contribution is 2.29. The fourth-order valence-corrected chi connectivity index (χ4v) is 3.42. The van der Waals surface area contributed by atoms with Gasteiger partial charge in [0, 0.05) is 5.69 Å². The summed E-state index contributed by atoms with van der Waals surface area (Å²) in [5.41, 5.74) is 1.98. The summed E-state index contributed by atoms with van der Waals surface area (Å²) in [7, 11) is 0. The van der Waals surface area contributed by atoms with E-state index in [-0.39, 0.29) is 17.7 Å². The molecule has 2 aromatic rings. The molecule has 1 unspecified atom stereocenters. The highest BCUT2D eigenvalue weighted by atomic mass is 32.2. The quantitative estimate of drug-likeness (QED) is 0.785. The van der Waals surface area contributed by atoms with E-state index >= 15 is 0 Å². The molecule has 3 rings (SSSR count). The largest absolute Gasteiger partial charge is 0.462 e. The van der Waals surface area contributed by atoms with Crippen molar-refractivity contribution in [1.82, 2.24) is 4.90 Å². The fourth-order valence-electron chi connectivity index (χ4n) is 2.51. The molecule has 6 nitrogen and oxygen atoms in total. The molecule has 1 aliphatic rings. The number of carbonyl (C=O) groups is 3. The molecule has 26 heavy (non-hydrogen) atoms. The molecule has 1 atom stereocenters. The van der Waals surface area contributed by atoms with Gasteiger partial charge < -0.3 is 10.1 Å². The van der Waals surface area contributed by atoms with Crippen LogP contribution in [0.3, 0.4) is 0 Å². The first-order valence-corrected chi connectivity index (χ1v) is 9.06. The van der Waals surface area contributed by atoms with Crippen molar-refractivity contribution < 1.29 is 19.1 Å². The summed E-state index contributed by atoms with van der Waals surface area (Å²) in [5, 5.41) is 2.07. The summed E-state index contributed by atoms with van der Waals surface area (Å²) in [6.45, 7) is 2.31. The lowest BCUT2D eigenvalue weighted by atomic mass is 10.2. The molecule has 1 N–H and O–H groups in total. The molecule has 134 valence electrons. The van der Waals surface area contributed by atoms with Gasteiger partial charge in [0.05, 0.1) is 18.7 Å². The lowest BCUT2D eigenvalue weighted by Gasteiger charge is -2.15. The van der Waals surface area contributed by atoms with Crippen LogP contribution in [0.15, 0.2) is 54.6 Å². The number of ether oxygens (including phenoxy) is 1. The molecule has 1 aliphatic heterocycles. The van der Waals surface area contributed by atoms with Crippen LogP contribution in [0.1, 0.15) is 22.8 Å². The van der Waals surface area contributed by atoms with Gasteiger partial charge in [-0.15, -0.1) is 0 Å². The van der Waals surface area contributed by atoms with E-state index in [0.29, 0.717) is 17.9 Å². The number of thioether (sulfide) groups is 1. The topological polar surface area (TPSA) is 75.7 Å². The average Bonchev–Trinajstić information content (AvgIpc) is 2.91. The molecule has 1 saturated heterocycles. The molecule has 7 heteroatoms. The van der Waals surface area contributed by atoms with E-state index in [0.717, 1.165) is 17.3 Å². The third kappa shape index (κ3) is 4.05. The zero-order valence-electron chi connectivity index (χ0n) is 14.2. The first kappa shape index (κ1) is 18.0. The van der Waals surface area contributed by atoms with Crippen LogP contribution in [-0.2, 0) is 16.1 Å². The molecule has 0 aromatic heterocycles. The van der Waals surface area contributed by atoms with Gasteiger partial charge in [0.25, 0.3) is 11.1 Å². The zero-order chi connectivity index (χ0) is 18.5. The van der Waals surface area contributed by atoms with Crippen molar-refractivity contribution in [3.05, 3.63) is 65.7 Å². The van der Waals surface area contributed by atoms with Crippen LogP contribution in [0.25, 0.3) is 0 Å². The molecule has 1 heterocycles. The number of anilines is 1. The summed E-state index contributed by atoms with van der Waals surface area (Å²) >= 11 is 0.949. The molecule has 0 spiro atoms. The Kier molecular flexibility index (Phi) is 5.58. The molecule has 0 radical (unpaired) electrons. The zero-order valence-corrected chi connectivity index (χ0v) is 15.0. The number of imide groups is 1. The first-order chi connectivity index (χ1) is 12.6. The van der Waals surface area contributed by atoms with Gasteiger partial charge in [-0.1, -0.05) is 30.3 Å². The second kappa shape index (κ2) is 8.05. The van der Waals surface area contributed by atoms with Crippen LogP contribution in [0.5, 0.6) is 0 Å². The lowest BCUT2D eigenvalue weighted by molar-refractivity contribution is -0.126. The van der Waals surface area contributed by atoms with Crippen LogP contribution < -0.4 is 5.32 Å².